The predicted octanol–water partition coefficient (Wildman–Crippen LogP) is 4.07. The average Bonchev–Trinajstić information content (AvgIpc) is 3.56. The zero-order valence-electron chi connectivity index (χ0n) is 18.8. The first-order chi connectivity index (χ1) is 16.5. The topological polar surface area (TPSA) is 95.9 Å². The number of nitrogens with zero attached hydrogens (tertiary/aromatic N) is 1. The summed E-state index contributed by atoms with van der Waals surface area (Å²) in [7, 11) is 0. The Morgan fingerprint density at radius 3 is 2.38 bits per heavy atom. The summed E-state index contributed by atoms with van der Waals surface area (Å²) in [5.74, 6) is -0.00965. The minimum Gasteiger partial charge on any atom is -0.480 e. The van der Waals surface area contributed by atoms with Gasteiger partial charge in [0.15, 0.2) is 0 Å². The molecule has 1 saturated heterocycles. The van der Waals surface area contributed by atoms with E-state index in [2.05, 4.69) is 29.6 Å². The van der Waals surface area contributed by atoms with Crippen LogP contribution in [0.1, 0.15) is 42.7 Å². The molecule has 2 N–H and O–H groups in total. The van der Waals surface area contributed by atoms with Crippen LogP contribution in [0.25, 0.3) is 11.1 Å². The summed E-state index contributed by atoms with van der Waals surface area (Å²) < 4.78 is 5.65. The van der Waals surface area contributed by atoms with E-state index in [-0.39, 0.29) is 30.4 Å². The minimum atomic E-state index is -0.945. The van der Waals surface area contributed by atoms with Crippen molar-refractivity contribution in [1.82, 2.24) is 10.2 Å². The van der Waals surface area contributed by atoms with Crippen molar-refractivity contribution in [2.24, 2.45) is 5.92 Å². The van der Waals surface area contributed by atoms with Gasteiger partial charge in [0.2, 0.25) is 5.91 Å². The first kappa shape index (κ1) is 22.8. The summed E-state index contributed by atoms with van der Waals surface area (Å²) in [4.78, 5) is 38.0. The summed E-state index contributed by atoms with van der Waals surface area (Å²) >= 11 is 1.47. The number of carbonyl (C=O) groups excluding carboxylic acids is 2. The molecule has 0 bridgehead atoms. The molecule has 0 spiro atoms. The molecule has 3 aliphatic rings. The first-order valence-electron chi connectivity index (χ1n) is 11.7. The van der Waals surface area contributed by atoms with Crippen LogP contribution in [0, 0.1) is 5.92 Å². The highest BCUT2D eigenvalue weighted by Gasteiger charge is 2.37. The number of nitrogens with one attached hydrogen (secondary N) is 1. The molecule has 0 radical (unpaired) electrons. The molecule has 1 heterocycles. The summed E-state index contributed by atoms with van der Waals surface area (Å²) in [6.45, 7) is 0.275. The van der Waals surface area contributed by atoms with Gasteiger partial charge in [0.25, 0.3) is 0 Å². The number of amides is 2. The van der Waals surface area contributed by atoms with Gasteiger partial charge in [-0.15, -0.1) is 11.8 Å². The van der Waals surface area contributed by atoms with Gasteiger partial charge < -0.3 is 20.1 Å². The lowest BCUT2D eigenvalue weighted by atomic mass is 9.98. The normalized spacial score (nSPS) is 23.4. The molecule has 2 fully saturated rings. The summed E-state index contributed by atoms with van der Waals surface area (Å²) in [5.41, 5.74) is 4.74. The predicted molar refractivity (Wildman–Crippen MR) is 130 cm³/mol. The number of rotatable bonds is 6. The SMILES string of the molecule is O=C(N[C@H]1CC[C@@H](CC(=O)N2CSC[C@H]2C(=O)O)C1)OCC1c2ccccc2-c2ccccc21. The highest BCUT2D eigenvalue weighted by Crippen LogP contribution is 2.44. The molecular formula is C26H28N2O5S. The number of carboxylic acid groups (broad SMARTS) is 1. The number of benzene rings is 2. The number of hydrogen-bond donors (Lipinski definition) is 2. The molecule has 5 rings (SSSR count). The monoisotopic (exact) mass is 480 g/mol. The molecular weight excluding hydrogens is 452 g/mol. The summed E-state index contributed by atoms with van der Waals surface area (Å²) in [6.07, 6.45) is 2.22. The standard InChI is InChI=1S/C26H28N2O5S/c29-24(28-15-34-14-23(28)25(30)31)12-16-9-10-17(11-16)27-26(32)33-13-22-20-7-3-1-5-18(20)19-6-2-4-8-21(19)22/h1-8,16-17,22-23H,9-15H2,(H,27,32)(H,30,31)/t16-,17+,23+/m1/s1. The Bertz CT molecular complexity index is 1060. The highest BCUT2D eigenvalue weighted by atomic mass is 32.2. The molecule has 7 nitrogen and oxygen atoms in total. The second-order valence-electron chi connectivity index (χ2n) is 9.27. The van der Waals surface area contributed by atoms with E-state index < -0.39 is 18.1 Å². The number of fused-ring (bicyclic) bond motifs is 3. The van der Waals surface area contributed by atoms with Crippen LogP contribution < -0.4 is 5.32 Å². The van der Waals surface area contributed by atoms with E-state index in [1.54, 1.807) is 0 Å². The maximum atomic E-state index is 12.6. The molecule has 8 heteroatoms. The highest BCUT2D eigenvalue weighted by molar-refractivity contribution is 7.99. The Morgan fingerprint density at radius 1 is 1.03 bits per heavy atom. The van der Waals surface area contributed by atoms with E-state index in [0.717, 1.165) is 12.8 Å². The third-order valence-corrected chi connectivity index (χ3v) is 8.17. The Morgan fingerprint density at radius 2 is 1.71 bits per heavy atom. The number of alkyl carbamates (subject to hydrolysis) is 1. The van der Waals surface area contributed by atoms with Gasteiger partial charge in [0, 0.05) is 24.1 Å². The zero-order chi connectivity index (χ0) is 23.7. The van der Waals surface area contributed by atoms with Gasteiger partial charge in [-0.1, -0.05) is 48.5 Å². The zero-order valence-corrected chi connectivity index (χ0v) is 19.6. The average molecular weight is 481 g/mol. The van der Waals surface area contributed by atoms with Gasteiger partial charge in [-0.3, -0.25) is 4.79 Å². The van der Waals surface area contributed by atoms with Crippen molar-refractivity contribution in [3.8, 4) is 11.1 Å². The second-order valence-corrected chi connectivity index (χ2v) is 10.3. The quantitative estimate of drug-likeness (QED) is 0.647. The van der Waals surface area contributed by atoms with Crippen LogP contribution >= 0.6 is 11.8 Å². The van der Waals surface area contributed by atoms with Crippen LogP contribution in [0.2, 0.25) is 0 Å². The van der Waals surface area contributed by atoms with E-state index in [1.807, 2.05) is 24.3 Å². The van der Waals surface area contributed by atoms with E-state index >= 15 is 0 Å². The lowest BCUT2D eigenvalue weighted by Crippen LogP contribution is -2.42. The molecule has 2 aromatic carbocycles. The van der Waals surface area contributed by atoms with E-state index in [1.165, 1.54) is 38.9 Å². The van der Waals surface area contributed by atoms with Crippen LogP contribution in [-0.4, -0.2) is 58.3 Å². The largest absolute Gasteiger partial charge is 0.480 e. The van der Waals surface area contributed by atoms with Crippen molar-refractivity contribution in [2.45, 2.75) is 43.7 Å². The lowest BCUT2D eigenvalue weighted by molar-refractivity contribution is -0.148. The fraction of sp³-hybridized carbons (Fsp3) is 0.423. The van der Waals surface area contributed by atoms with Crippen molar-refractivity contribution in [3.05, 3.63) is 59.7 Å². The molecule has 1 saturated carbocycles. The molecule has 1 aliphatic heterocycles. The Hall–Kier alpha value is -3.00. The fourth-order valence-corrected chi connectivity index (χ4v) is 6.63. The van der Waals surface area contributed by atoms with Gasteiger partial charge in [-0.05, 0) is 47.4 Å². The van der Waals surface area contributed by atoms with Crippen molar-refractivity contribution in [3.63, 3.8) is 0 Å². The molecule has 178 valence electrons. The smallest absolute Gasteiger partial charge is 0.407 e. The Labute approximate surface area is 202 Å². The maximum Gasteiger partial charge on any atom is 0.407 e. The molecule has 0 unspecified atom stereocenters. The van der Waals surface area contributed by atoms with E-state index in [4.69, 9.17) is 4.74 Å². The van der Waals surface area contributed by atoms with Crippen LogP contribution in [0.3, 0.4) is 0 Å². The van der Waals surface area contributed by atoms with E-state index in [0.29, 0.717) is 24.5 Å². The van der Waals surface area contributed by atoms with Crippen molar-refractivity contribution in [1.29, 1.82) is 0 Å². The lowest BCUT2D eigenvalue weighted by Gasteiger charge is -2.22. The number of hydrogen-bond acceptors (Lipinski definition) is 5. The molecule has 34 heavy (non-hydrogen) atoms. The minimum absolute atomic E-state index is 0.0209. The van der Waals surface area contributed by atoms with Crippen LogP contribution in [0.15, 0.2) is 48.5 Å². The van der Waals surface area contributed by atoms with Crippen molar-refractivity contribution < 1.29 is 24.2 Å². The van der Waals surface area contributed by atoms with Crippen LogP contribution in [0.5, 0.6) is 0 Å². The molecule has 2 aromatic rings. The van der Waals surface area contributed by atoms with Gasteiger partial charge >= 0.3 is 12.1 Å². The van der Waals surface area contributed by atoms with Gasteiger partial charge in [-0.25, -0.2) is 9.59 Å². The van der Waals surface area contributed by atoms with Crippen molar-refractivity contribution in [2.75, 3.05) is 18.2 Å². The number of carbonyl (C=O) groups is 3. The van der Waals surface area contributed by atoms with Gasteiger partial charge in [-0.2, -0.15) is 0 Å². The molecule has 2 aliphatic carbocycles. The van der Waals surface area contributed by atoms with Crippen LogP contribution in [-0.2, 0) is 14.3 Å². The maximum absolute atomic E-state index is 12.6. The molecule has 2 amide bonds. The van der Waals surface area contributed by atoms with Crippen LogP contribution in [0.4, 0.5) is 4.79 Å². The fourth-order valence-electron chi connectivity index (χ4n) is 5.46. The van der Waals surface area contributed by atoms with E-state index in [9.17, 15) is 19.5 Å². The number of carboxylic acids is 1. The molecule has 0 aromatic heterocycles. The first-order valence-corrected chi connectivity index (χ1v) is 12.9. The summed E-state index contributed by atoms with van der Waals surface area (Å²) in [5, 5.41) is 12.3. The third kappa shape index (κ3) is 4.51. The van der Waals surface area contributed by atoms with Crippen molar-refractivity contribution >= 4 is 29.7 Å². The number of ether oxygens (including phenoxy) is 1. The Kier molecular flexibility index (Phi) is 6.50. The summed E-state index contributed by atoms with van der Waals surface area (Å²) in [6, 6.07) is 15.7. The number of thioether (sulfide) groups is 1. The molecule has 3 atom stereocenters. The third-order valence-electron chi connectivity index (χ3n) is 7.16. The second kappa shape index (κ2) is 9.70. The van der Waals surface area contributed by atoms with Gasteiger partial charge in [0.1, 0.15) is 12.6 Å². The number of aliphatic carboxylic acids is 1. The Balaban J connectivity index is 1.12. The van der Waals surface area contributed by atoms with Gasteiger partial charge in [0.05, 0.1) is 5.88 Å².